The highest BCUT2D eigenvalue weighted by Crippen LogP contribution is 2.45. The van der Waals surface area contributed by atoms with E-state index in [1.165, 1.54) is 97.4 Å². The summed E-state index contributed by atoms with van der Waals surface area (Å²) < 4.78 is 7.41. The van der Waals surface area contributed by atoms with Crippen molar-refractivity contribution in [3.8, 4) is 33.6 Å². The van der Waals surface area contributed by atoms with Crippen LogP contribution in [0.25, 0.3) is 97.4 Å². The first-order chi connectivity index (χ1) is 25.3. The molecule has 0 bridgehead atoms. The highest BCUT2D eigenvalue weighted by molar-refractivity contribution is 7.26. The molecule has 0 spiro atoms. The number of rotatable bonds is 4. The summed E-state index contributed by atoms with van der Waals surface area (Å²) in [5, 5.41) is 7.70. The lowest BCUT2D eigenvalue weighted by molar-refractivity contribution is 1.18. The van der Waals surface area contributed by atoms with Crippen molar-refractivity contribution in [2.75, 3.05) is 0 Å². The Morgan fingerprint density at radius 1 is 0.314 bits per heavy atom. The van der Waals surface area contributed by atoms with Crippen LogP contribution in [-0.4, -0.2) is 9.13 Å². The van der Waals surface area contributed by atoms with E-state index in [9.17, 15) is 0 Å². The number of nitrogens with zero attached hydrogens (tertiary/aromatic N) is 2. The number of thiophene rings is 1. The summed E-state index contributed by atoms with van der Waals surface area (Å²) in [5.74, 6) is 0. The zero-order chi connectivity index (χ0) is 33.5. The molecule has 0 radical (unpaired) electrons. The van der Waals surface area contributed by atoms with Crippen molar-refractivity contribution in [3.05, 3.63) is 182 Å². The number of para-hydroxylation sites is 4. The van der Waals surface area contributed by atoms with E-state index in [0.29, 0.717) is 0 Å². The molecule has 0 aliphatic rings. The minimum absolute atomic E-state index is 1.17. The van der Waals surface area contributed by atoms with Crippen LogP contribution in [0.4, 0.5) is 0 Å². The predicted octanol–water partition coefficient (Wildman–Crippen LogP) is 13.6. The SMILES string of the molecule is c1ccc(-n2c3ccccc3c3cc(-c4cc(-c5ccc6c7ccccc7n(-c7ccccc7)c6c5)cc5sc6ccccc6c45)ccc32)cc1. The molecular weight excluding hydrogens is 637 g/mol. The highest BCUT2D eigenvalue weighted by Gasteiger charge is 2.18. The average Bonchev–Trinajstić information content (AvgIpc) is 3.85. The van der Waals surface area contributed by atoms with Gasteiger partial charge in [-0.15, -0.1) is 11.3 Å². The predicted molar refractivity (Wildman–Crippen MR) is 219 cm³/mol. The molecule has 0 aliphatic carbocycles. The van der Waals surface area contributed by atoms with E-state index in [-0.39, 0.29) is 0 Å². The third kappa shape index (κ3) is 4.29. The Kier molecular flexibility index (Phi) is 6.16. The molecule has 3 aromatic heterocycles. The van der Waals surface area contributed by atoms with Crippen molar-refractivity contribution in [1.29, 1.82) is 0 Å². The third-order valence-corrected chi connectivity index (χ3v) is 11.6. The molecule has 0 saturated heterocycles. The molecule has 0 atom stereocenters. The number of hydrogen-bond donors (Lipinski definition) is 0. The standard InChI is InChI=1S/C48H30N2S/c1-3-13-34(14-4-1)49-43-21-11-8-18-37(43)41-27-32(24-26-44(41)49)40-28-33(30-47-48(40)39-19-9-12-22-46(39)51-47)31-23-25-38-36-17-7-10-20-42(36)50(45(38)29-31)35-15-5-2-6-16-35/h1-30H. The van der Waals surface area contributed by atoms with Crippen molar-refractivity contribution in [2.45, 2.75) is 0 Å². The van der Waals surface area contributed by atoms with E-state index < -0.39 is 0 Å². The minimum atomic E-state index is 1.17. The Morgan fingerprint density at radius 2 is 0.863 bits per heavy atom. The largest absolute Gasteiger partial charge is 0.309 e. The number of benzene rings is 8. The van der Waals surface area contributed by atoms with E-state index in [0.717, 1.165) is 0 Å². The topological polar surface area (TPSA) is 9.86 Å². The zero-order valence-corrected chi connectivity index (χ0v) is 28.4. The van der Waals surface area contributed by atoms with Crippen LogP contribution in [0.5, 0.6) is 0 Å². The maximum Gasteiger partial charge on any atom is 0.0547 e. The second-order valence-electron chi connectivity index (χ2n) is 13.3. The molecule has 0 unspecified atom stereocenters. The van der Waals surface area contributed by atoms with Crippen molar-refractivity contribution in [1.82, 2.24) is 9.13 Å². The molecule has 0 N–H and O–H groups in total. The van der Waals surface area contributed by atoms with Crippen molar-refractivity contribution < 1.29 is 0 Å². The molecule has 11 aromatic rings. The molecule has 2 nitrogen and oxygen atoms in total. The Hall–Kier alpha value is -6.42. The summed E-state index contributed by atoms with van der Waals surface area (Å²) in [6.45, 7) is 0. The lowest BCUT2D eigenvalue weighted by Gasteiger charge is -2.12. The average molecular weight is 667 g/mol. The van der Waals surface area contributed by atoms with Gasteiger partial charge < -0.3 is 9.13 Å². The third-order valence-electron chi connectivity index (χ3n) is 10.5. The van der Waals surface area contributed by atoms with E-state index in [1.807, 2.05) is 11.3 Å². The van der Waals surface area contributed by atoms with Gasteiger partial charge in [-0.25, -0.2) is 0 Å². The van der Waals surface area contributed by atoms with E-state index in [4.69, 9.17) is 0 Å². The Balaban J connectivity index is 1.18. The summed E-state index contributed by atoms with van der Waals surface area (Å²) in [5.41, 5.74) is 12.2. The summed E-state index contributed by atoms with van der Waals surface area (Å²) >= 11 is 1.89. The lowest BCUT2D eigenvalue weighted by Crippen LogP contribution is -1.93. The molecule has 0 fully saturated rings. The van der Waals surface area contributed by atoms with Crippen LogP contribution in [0, 0.1) is 0 Å². The fourth-order valence-corrected chi connectivity index (χ4v) is 9.42. The van der Waals surface area contributed by atoms with Gasteiger partial charge in [0, 0.05) is 53.1 Å². The lowest BCUT2D eigenvalue weighted by atomic mass is 9.93. The molecule has 0 saturated carbocycles. The second-order valence-corrected chi connectivity index (χ2v) is 14.4. The van der Waals surface area contributed by atoms with Crippen LogP contribution in [0.2, 0.25) is 0 Å². The first kappa shape index (κ1) is 28.4. The normalized spacial score (nSPS) is 11.9. The summed E-state index contributed by atoms with van der Waals surface area (Å²) in [6.07, 6.45) is 0. The van der Waals surface area contributed by atoms with E-state index >= 15 is 0 Å². The molecule has 51 heavy (non-hydrogen) atoms. The minimum Gasteiger partial charge on any atom is -0.309 e. The van der Waals surface area contributed by atoms with Crippen LogP contribution < -0.4 is 0 Å². The van der Waals surface area contributed by atoms with Crippen LogP contribution in [0.15, 0.2) is 182 Å². The first-order valence-corrected chi connectivity index (χ1v) is 18.3. The van der Waals surface area contributed by atoms with E-state index in [2.05, 4.69) is 191 Å². The van der Waals surface area contributed by atoms with Gasteiger partial charge in [-0.05, 0) is 95.1 Å². The van der Waals surface area contributed by atoms with E-state index in [1.54, 1.807) is 0 Å². The molecule has 11 rings (SSSR count). The van der Waals surface area contributed by atoms with Crippen LogP contribution in [-0.2, 0) is 0 Å². The summed E-state index contributed by atoms with van der Waals surface area (Å²) in [7, 11) is 0. The van der Waals surface area contributed by atoms with Crippen LogP contribution in [0.1, 0.15) is 0 Å². The molecule has 0 amide bonds. The zero-order valence-electron chi connectivity index (χ0n) is 27.6. The number of fused-ring (bicyclic) bond motifs is 9. The highest BCUT2D eigenvalue weighted by atomic mass is 32.1. The van der Waals surface area contributed by atoms with Gasteiger partial charge in [0.05, 0.1) is 22.1 Å². The number of aromatic nitrogens is 2. The second kappa shape index (κ2) is 11.0. The van der Waals surface area contributed by atoms with Gasteiger partial charge in [0.1, 0.15) is 0 Å². The number of hydrogen-bond acceptors (Lipinski definition) is 1. The van der Waals surface area contributed by atoms with Crippen molar-refractivity contribution >= 4 is 75.1 Å². The molecule has 8 aromatic carbocycles. The summed E-state index contributed by atoms with van der Waals surface area (Å²) in [6, 6.07) is 66.7. The molecule has 3 heterocycles. The Bertz CT molecular complexity index is 3130. The van der Waals surface area contributed by atoms with Gasteiger partial charge in [-0.2, -0.15) is 0 Å². The maximum atomic E-state index is 2.43. The van der Waals surface area contributed by atoms with Gasteiger partial charge in [-0.1, -0.05) is 109 Å². The maximum absolute atomic E-state index is 2.43. The molecule has 3 heteroatoms. The fraction of sp³-hybridized carbons (Fsp3) is 0. The van der Waals surface area contributed by atoms with Gasteiger partial charge in [0.15, 0.2) is 0 Å². The van der Waals surface area contributed by atoms with Crippen molar-refractivity contribution in [3.63, 3.8) is 0 Å². The Morgan fingerprint density at radius 3 is 1.59 bits per heavy atom. The van der Waals surface area contributed by atoms with Gasteiger partial charge >= 0.3 is 0 Å². The van der Waals surface area contributed by atoms with Gasteiger partial charge in [-0.3, -0.25) is 0 Å². The fourth-order valence-electron chi connectivity index (χ4n) is 8.25. The smallest absolute Gasteiger partial charge is 0.0547 e. The van der Waals surface area contributed by atoms with Crippen LogP contribution >= 0.6 is 11.3 Å². The molecule has 0 aliphatic heterocycles. The Labute approximate surface area is 298 Å². The van der Waals surface area contributed by atoms with Crippen LogP contribution in [0.3, 0.4) is 0 Å². The van der Waals surface area contributed by atoms with Gasteiger partial charge in [0.25, 0.3) is 0 Å². The molecule has 238 valence electrons. The quantitative estimate of drug-likeness (QED) is 0.177. The summed E-state index contributed by atoms with van der Waals surface area (Å²) in [4.78, 5) is 0. The van der Waals surface area contributed by atoms with Gasteiger partial charge in [0.2, 0.25) is 0 Å². The van der Waals surface area contributed by atoms with Crippen molar-refractivity contribution in [2.24, 2.45) is 0 Å². The monoisotopic (exact) mass is 666 g/mol. The molecular formula is C48H30N2S. The first-order valence-electron chi connectivity index (χ1n) is 17.4.